The smallest absolute Gasteiger partial charge is 0.161 e. The molecule has 1 aromatic carbocycles. The van der Waals surface area contributed by atoms with Crippen molar-refractivity contribution in [3.05, 3.63) is 42.0 Å². The summed E-state index contributed by atoms with van der Waals surface area (Å²) in [4.78, 5) is 4.26. The Morgan fingerprint density at radius 3 is 2.50 bits per heavy atom. The summed E-state index contributed by atoms with van der Waals surface area (Å²) in [6.45, 7) is 0. The normalized spacial score (nSPS) is 12.2. The van der Waals surface area contributed by atoms with E-state index in [-0.39, 0.29) is 6.04 Å². The lowest BCUT2D eigenvalue weighted by atomic mass is 10.1. The standard InChI is InChI=1S/C13H17N3O2/c1-16-7-6-15-13(16)12(14)9-4-5-10(17-2)11(8-9)18-3/h4-8,12H,14H2,1-3H3/t12-/m0/s1. The molecule has 0 radical (unpaired) electrons. The van der Waals surface area contributed by atoms with Gasteiger partial charge in [-0.05, 0) is 17.7 Å². The lowest BCUT2D eigenvalue weighted by molar-refractivity contribution is 0.354. The molecule has 1 atom stereocenters. The lowest BCUT2D eigenvalue weighted by Crippen LogP contribution is -2.16. The molecule has 0 amide bonds. The summed E-state index contributed by atoms with van der Waals surface area (Å²) in [5, 5.41) is 0. The van der Waals surface area contributed by atoms with E-state index >= 15 is 0 Å². The third kappa shape index (κ3) is 2.17. The SMILES string of the molecule is COc1ccc([C@H](N)c2nccn2C)cc1OC. The first-order valence-corrected chi connectivity index (χ1v) is 5.62. The minimum Gasteiger partial charge on any atom is -0.493 e. The summed E-state index contributed by atoms with van der Waals surface area (Å²) in [6, 6.07) is 5.35. The first kappa shape index (κ1) is 12.4. The summed E-state index contributed by atoms with van der Waals surface area (Å²) in [6.07, 6.45) is 3.60. The molecule has 96 valence electrons. The number of benzene rings is 1. The second-order valence-electron chi connectivity index (χ2n) is 3.99. The van der Waals surface area contributed by atoms with Crippen molar-refractivity contribution < 1.29 is 9.47 Å². The highest BCUT2D eigenvalue weighted by atomic mass is 16.5. The van der Waals surface area contributed by atoms with E-state index in [4.69, 9.17) is 15.2 Å². The van der Waals surface area contributed by atoms with E-state index < -0.39 is 0 Å². The van der Waals surface area contributed by atoms with Crippen LogP contribution in [0.1, 0.15) is 17.4 Å². The Labute approximate surface area is 106 Å². The minimum absolute atomic E-state index is 0.287. The van der Waals surface area contributed by atoms with Crippen LogP contribution in [0.3, 0.4) is 0 Å². The number of hydrogen-bond donors (Lipinski definition) is 1. The molecular formula is C13H17N3O2. The summed E-state index contributed by atoms with van der Waals surface area (Å²) in [5.74, 6) is 2.16. The van der Waals surface area contributed by atoms with Crippen LogP contribution < -0.4 is 15.2 Å². The fourth-order valence-electron chi connectivity index (χ4n) is 1.87. The summed E-state index contributed by atoms with van der Waals surface area (Å²) in [5.41, 5.74) is 7.13. The van der Waals surface area contributed by atoms with E-state index in [0.29, 0.717) is 11.5 Å². The predicted molar refractivity (Wildman–Crippen MR) is 68.8 cm³/mol. The fourth-order valence-corrected chi connectivity index (χ4v) is 1.87. The number of aryl methyl sites for hydroxylation is 1. The highest BCUT2D eigenvalue weighted by Crippen LogP contribution is 2.30. The molecule has 0 aliphatic carbocycles. The highest BCUT2D eigenvalue weighted by molar-refractivity contribution is 5.44. The number of ether oxygens (including phenoxy) is 2. The molecule has 2 N–H and O–H groups in total. The van der Waals surface area contributed by atoms with Crippen LogP contribution in [0, 0.1) is 0 Å². The summed E-state index contributed by atoms with van der Waals surface area (Å²) in [7, 11) is 5.13. The van der Waals surface area contributed by atoms with Gasteiger partial charge in [0.2, 0.25) is 0 Å². The monoisotopic (exact) mass is 247 g/mol. The van der Waals surface area contributed by atoms with Crippen molar-refractivity contribution in [3.8, 4) is 11.5 Å². The number of nitrogens with two attached hydrogens (primary N) is 1. The molecule has 0 saturated carbocycles. The van der Waals surface area contributed by atoms with Gasteiger partial charge in [-0.1, -0.05) is 6.07 Å². The quantitative estimate of drug-likeness (QED) is 0.889. The molecule has 0 unspecified atom stereocenters. The maximum Gasteiger partial charge on any atom is 0.161 e. The number of imidazole rings is 1. The largest absolute Gasteiger partial charge is 0.493 e. The van der Waals surface area contributed by atoms with Crippen molar-refractivity contribution in [3.63, 3.8) is 0 Å². The maximum atomic E-state index is 6.20. The maximum absolute atomic E-state index is 6.20. The zero-order valence-electron chi connectivity index (χ0n) is 10.8. The van der Waals surface area contributed by atoms with Crippen LogP contribution in [-0.4, -0.2) is 23.8 Å². The predicted octanol–water partition coefficient (Wildman–Crippen LogP) is 1.49. The molecule has 5 nitrogen and oxygen atoms in total. The molecule has 5 heteroatoms. The number of methoxy groups -OCH3 is 2. The molecule has 1 aromatic heterocycles. The van der Waals surface area contributed by atoms with Crippen molar-refractivity contribution in [2.75, 3.05) is 14.2 Å². The average molecular weight is 247 g/mol. The van der Waals surface area contributed by atoms with Gasteiger partial charge in [-0.3, -0.25) is 0 Å². The third-order valence-corrected chi connectivity index (χ3v) is 2.90. The van der Waals surface area contributed by atoms with Gasteiger partial charge >= 0.3 is 0 Å². The topological polar surface area (TPSA) is 62.3 Å². The van der Waals surface area contributed by atoms with Crippen molar-refractivity contribution in [2.24, 2.45) is 12.8 Å². The molecule has 0 aliphatic heterocycles. The molecule has 0 saturated heterocycles. The van der Waals surface area contributed by atoms with Crippen LogP contribution in [0.2, 0.25) is 0 Å². The van der Waals surface area contributed by atoms with Crippen LogP contribution in [0.5, 0.6) is 11.5 Å². The summed E-state index contributed by atoms with van der Waals surface area (Å²) < 4.78 is 12.4. The van der Waals surface area contributed by atoms with Crippen LogP contribution >= 0.6 is 0 Å². The van der Waals surface area contributed by atoms with Gasteiger partial charge in [0.25, 0.3) is 0 Å². The highest BCUT2D eigenvalue weighted by Gasteiger charge is 2.15. The molecule has 0 bridgehead atoms. The van der Waals surface area contributed by atoms with E-state index in [0.717, 1.165) is 11.4 Å². The minimum atomic E-state index is -0.287. The first-order chi connectivity index (χ1) is 8.67. The van der Waals surface area contributed by atoms with Gasteiger partial charge < -0.3 is 19.8 Å². The van der Waals surface area contributed by atoms with Gasteiger partial charge in [0, 0.05) is 19.4 Å². The van der Waals surface area contributed by atoms with E-state index in [1.165, 1.54) is 0 Å². The van der Waals surface area contributed by atoms with Crippen molar-refractivity contribution in [1.82, 2.24) is 9.55 Å². The molecule has 0 spiro atoms. The summed E-state index contributed by atoms with van der Waals surface area (Å²) >= 11 is 0. The Kier molecular flexibility index (Phi) is 3.53. The van der Waals surface area contributed by atoms with Gasteiger partial charge in [-0.25, -0.2) is 4.98 Å². The third-order valence-electron chi connectivity index (χ3n) is 2.90. The molecular weight excluding hydrogens is 230 g/mol. The molecule has 0 aliphatic rings. The number of nitrogens with zero attached hydrogens (tertiary/aromatic N) is 2. The Bertz CT molecular complexity index is 537. The molecule has 0 fully saturated rings. The lowest BCUT2D eigenvalue weighted by Gasteiger charge is -2.14. The van der Waals surface area contributed by atoms with Crippen LogP contribution in [-0.2, 0) is 7.05 Å². The van der Waals surface area contributed by atoms with E-state index in [1.807, 2.05) is 36.0 Å². The fraction of sp³-hybridized carbons (Fsp3) is 0.308. The Morgan fingerprint density at radius 2 is 1.94 bits per heavy atom. The number of hydrogen-bond acceptors (Lipinski definition) is 4. The Morgan fingerprint density at radius 1 is 1.22 bits per heavy atom. The van der Waals surface area contributed by atoms with E-state index in [2.05, 4.69) is 4.98 Å². The van der Waals surface area contributed by atoms with Crippen LogP contribution in [0.4, 0.5) is 0 Å². The zero-order chi connectivity index (χ0) is 13.1. The molecule has 2 aromatic rings. The number of rotatable bonds is 4. The molecule has 1 heterocycles. The zero-order valence-corrected chi connectivity index (χ0v) is 10.8. The number of aromatic nitrogens is 2. The van der Waals surface area contributed by atoms with Crippen LogP contribution in [0.15, 0.2) is 30.6 Å². The van der Waals surface area contributed by atoms with Gasteiger partial charge in [-0.2, -0.15) is 0 Å². The van der Waals surface area contributed by atoms with Gasteiger partial charge in [0.1, 0.15) is 5.82 Å². The van der Waals surface area contributed by atoms with Gasteiger partial charge in [0.15, 0.2) is 11.5 Å². The van der Waals surface area contributed by atoms with Gasteiger partial charge in [0.05, 0.1) is 20.3 Å². The van der Waals surface area contributed by atoms with E-state index in [9.17, 15) is 0 Å². The first-order valence-electron chi connectivity index (χ1n) is 5.62. The second-order valence-corrected chi connectivity index (χ2v) is 3.99. The molecule has 2 rings (SSSR count). The van der Waals surface area contributed by atoms with Crippen molar-refractivity contribution in [1.29, 1.82) is 0 Å². The van der Waals surface area contributed by atoms with Gasteiger partial charge in [-0.15, -0.1) is 0 Å². The second kappa shape index (κ2) is 5.10. The van der Waals surface area contributed by atoms with Crippen molar-refractivity contribution in [2.45, 2.75) is 6.04 Å². The van der Waals surface area contributed by atoms with Crippen LogP contribution in [0.25, 0.3) is 0 Å². The Balaban J connectivity index is 2.37. The molecule has 18 heavy (non-hydrogen) atoms. The Hall–Kier alpha value is -2.01. The average Bonchev–Trinajstić information content (AvgIpc) is 2.83. The van der Waals surface area contributed by atoms with E-state index in [1.54, 1.807) is 20.4 Å². The van der Waals surface area contributed by atoms with Crippen molar-refractivity contribution >= 4 is 0 Å².